The highest BCUT2D eigenvalue weighted by molar-refractivity contribution is 7.99. The third-order valence-electron chi connectivity index (χ3n) is 6.23. The van der Waals surface area contributed by atoms with Crippen LogP contribution in [0, 0.1) is 0 Å². The lowest BCUT2D eigenvalue weighted by Gasteiger charge is -2.29. The SMILES string of the molecule is O=C(CSc1nc2ccc(N3CCOCC3)cc2c(=O)n1Cc1ccccc1)NCc1ccccc1Cl. The van der Waals surface area contributed by atoms with Crippen LogP contribution in [0.15, 0.2) is 82.7 Å². The maximum Gasteiger partial charge on any atom is 0.262 e. The molecular formula is C28H27ClN4O3S. The number of morpholine rings is 1. The minimum Gasteiger partial charge on any atom is -0.378 e. The van der Waals surface area contributed by atoms with Gasteiger partial charge in [0.1, 0.15) is 0 Å². The molecule has 1 saturated heterocycles. The van der Waals surface area contributed by atoms with Gasteiger partial charge in [0, 0.05) is 30.3 Å². The van der Waals surface area contributed by atoms with Crippen LogP contribution in [-0.2, 0) is 22.6 Å². The molecule has 1 aromatic heterocycles. The van der Waals surface area contributed by atoms with Gasteiger partial charge < -0.3 is 15.0 Å². The van der Waals surface area contributed by atoms with Gasteiger partial charge in [-0.1, -0.05) is 71.9 Å². The van der Waals surface area contributed by atoms with Gasteiger partial charge in [-0.3, -0.25) is 14.2 Å². The zero-order valence-electron chi connectivity index (χ0n) is 20.2. The summed E-state index contributed by atoms with van der Waals surface area (Å²) in [6.45, 7) is 3.62. The number of fused-ring (bicyclic) bond motifs is 1. The van der Waals surface area contributed by atoms with Gasteiger partial charge in [-0.2, -0.15) is 0 Å². The number of carbonyl (C=O) groups is 1. The molecule has 7 nitrogen and oxygen atoms in total. The van der Waals surface area contributed by atoms with E-state index in [1.807, 2.05) is 66.7 Å². The molecular weight excluding hydrogens is 508 g/mol. The van der Waals surface area contributed by atoms with E-state index in [0.717, 1.165) is 29.9 Å². The molecule has 4 aromatic rings. The van der Waals surface area contributed by atoms with Crippen molar-refractivity contribution < 1.29 is 9.53 Å². The molecule has 0 radical (unpaired) electrons. The number of hydrogen-bond acceptors (Lipinski definition) is 6. The van der Waals surface area contributed by atoms with Crippen molar-refractivity contribution in [1.82, 2.24) is 14.9 Å². The third-order valence-corrected chi connectivity index (χ3v) is 7.57. The number of halogens is 1. The largest absolute Gasteiger partial charge is 0.378 e. The van der Waals surface area contributed by atoms with Crippen molar-refractivity contribution in [2.75, 3.05) is 37.0 Å². The molecule has 3 aromatic carbocycles. The summed E-state index contributed by atoms with van der Waals surface area (Å²) in [6.07, 6.45) is 0. The molecule has 0 atom stereocenters. The van der Waals surface area contributed by atoms with Gasteiger partial charge in [0.05, 0.1) is 36.4 Å². The van der Waals surface area contributed by atoms with Gasteiger partial charge in [-0.15, -0.1) is 0 Å². The van der Waals surface area contributed by atoms with Gasteiger partial charge in [0.15, 0.2) is 5.16 Å². The number of benzene rings is 3. The summed E-state index contributed by atoms with van der Waals surface area (Å²) in [4.78, 5) is 33.4. The summed E-state index contributed by atoms with van der Waals surface area (Å²) < 4.78 is 7.13. The Balaban J connectivity index is 1.41. The fourth-order valence-corrected chi connectivity index (χ4v) is 5.27. The maximum atomic E-state index is 13.7. The Kier molecular flexibility index (Phi) is 8.08. The quantitative estimate of drug-likeness (QED) is 0.268. The zero-order chi connectivity index (χ0) is 25.6. The zero-order valence-corrected chi connectivity index (χ0v) is 21.8. The lowest BCUT2D eigenvalue weighted by Crippen LogP contribution is -2.36. The first-order valence-electron chi connectivity index (χ1n) is 12.1. The summed E-state index contributed by atoms with van der Waals surface area (Å²) >= 11 is 7.45. The number of ether oxygens (including phenoxy) is 1. The number of anilines is 1. The predicted molar refractivity (Wildman–Crippen MR) is 149 cm³/mol. The van der Waals surface area contributed by atoms with E-state index < -0.39 is 0 Å². The van der Waals surface area contributed by atoms with Crippen LogP contribution in [0.4, 0.5) is 5.69 Å². The van der Waals surface area contributed by atoms with Crippen LogP contribution in [0.1, 0.15) is 11.1 Å². The second-order valence-electron chi connectivity index (χ2n) is 8.73. The Hall–Kier alpha value is -3.33. The summed E-state index contributed by atoms with van der Waals surface area (Å²) in [5.41, 5.74) is 3.32. The number of nitrogens with zero attached hydrogens (tertiary/aromatic N) is 3. The molecule has 37 heavy (non-hydrogen) atoms. The minimum absolute atomic E-state index is 0.122. The van der Waals surface area contributed by atoms with E-state index in [4.69, 9.17) is 21.3 Å². The average molecular weight is 535 g/mol. The molecule has 0 bridgehead atoms. The van der Waals surface area contributed by atoms with E-state index in [-0.39, 0.29) is 17.2 Å². The summed E-state index contributed by atoms with van der Waals surface area (Å²) in [5.74, 6) is -0.0311. The summed E-state index contributed by atoms with van der Waals surface area (Å²) in [6, 6.07) is 23.0. The molecule has 1 N–H and O–H groups in total. The molecule has 0 saturated carbocycles. The van der Waals surface area contributed by atoms with E-state index in [0.29, 0.717) is 47.4 Å². The number of rotatable bonds is 8. The Bertz CT molecular complexity index is 1460. The van der Waals surface area contributed by atoms with Gasteiger partial charge in [-0.05, 0) is 35.4 Å². The predicted octanol–water partition coefficient (Wildman–Crippen LogP) is 4.34. The topological polar surface area (TPSA) is 76.5 Å². The average Bonchev–Trinajstić information content (AvgIpc) is 2.94. The normalized spacial score (nSPS) is 13.6. The van der Waals surface area contributed by atoms with Gasteiger partial charge >= 0.3 is 0 Å². The van der Waals surface area contributed by atoms with Crippen LogP contribution in [0.2, 0.25) is 5.02 Å². The number of hydrogen-bond donors (Lipinski definition) is 1. The first kappa shape index (κ1) is 25.3. The molecule has 1 aliphatic rings. The van der Waals surface area contributed by atoms with E-state index >= 15 is 0 Å². The number of nitrogens with one attached hydrogen (secondary N) is 1. The standard InChI is InChI=1S/C28H27ClN4O3S/c29-24-9-5-4-8-21(24)17-30-26(34)19-37-28-31-25-11-10-22(32-12-14-36-15-13-32)16-23(25)27(35)33(28)18-20-6-2-1-3-7-20/h1-11,16H,12-15,17-19H2,(H,30,34). The number of carbonyl (C=O) groups excluding carboxylic acids is 1. The molecule has 0 aliphatic carbocycles. The van der Waals surface area contributed by atoms with Crippen LogP contribution in [0.3, 0.4) is 0 Å². The lowest BCUT2D eigenvalue weighted by atomic mass is 10.2. The second-order valence-corrected chi connectivity index (χ2v) is 10.1. The van der Waals surface area contributed by atoms with E-state index in [1.165, 1.54) is 11.8 Å². The van der Waals surface area contributed by atoms with Crippen molar-refractivity contribution in [3.05, 3.63) is 99.3 Å². The van der Waals surface area contributed by atoms with Crippen molar-refractivity contribution in [2.24, 2.45) is 0 Å². The molecule has 9 heteroatoms. The second kappa shape index (κ2) is 11.8. The Labute approximate surface area is 224 Å². The maximum absolute atomic E-state index is 13.7. The van der Waals surface area contributed by atoms with Gasteiger partial charge in [0.2, 0.25) is 5.91 Å². The fourth-order valence-electron chi connectivity index (χ4n) is 4.24. The van der Waals surface area contributed by atoms with Crippen LogP contribution in [-0.4, -0.2) is 47.5 Å². The minimum atomic E-state index is -0.159. The van der Waals surface area contributed by atoms with Crippen LogP contribution in [0.5, 0.6) is 0 Å². The van der Waals surface area contributed by atoms with E-state index in [9.17, 15) is 9.59 Å². The van der Waals surface area contributed by atoms with Crippen LogP contribution < -0.4 is 15.8 Å². The lowest BCUT2D eigenvalue weighted by molar-refractivity contribution is -0.118. The Morgan fingerprint density at radius 3 is 2.57 bits per heavy atom. The monoisotopic (exact) mass is 534 g/mol. The molecule has 1 aliphatic heterocycles. The van der Waals surface area contributed by atoms with Crippen molar-refractivity contribution in [3.8, 4) is 0 Å². The fraction of sp³-hybridized carbons (Fsp3) is 0.250. The number of amides is 1. The Morgan fingerprint density at radius 1 is 1.03 bits per heavy atom. The van der Waals surface area contributed by atoms with Gasteiger partial charge in [0.25, 0.3) is 5.56 Å². The number of aromatic nitrogens is 2. The van der Waals surface area contributed by atoms with Gasteiger partial charge in [-0.25, -0.2) is 4.98 Å². The van der Waals surface area contributed by atoms with E-state index in [1.54, 1.807) is 10.6 Å². The Morgan fingerprint density at radius 2 is 1.78 bits per heavy atom. The summed E-state index contributed by atoms with van der Waals surface area (Å²) in [7, 11) is 0. The van der Waals surface area contributed by atoms with Crippen molar-refractivity contribution in [1.29, 1.82) is 0 Å². The highest BCUT2D eigenvalue weighted by Gasteiger charge is 2.17. The van der Waals surface area contributed by atoms with Crippen LogP contribution >= 0.6 is 23.4 Å². The van der Waals surface area contributed by atoms with E-state index in [2.05, 4.69) is 10.2 Å². The van der Waals surface area contributed by atoms with Crippen molar-refractivity contribution in [2.45, 2.75) is 18.2 Å². The molecule has 1 fully saturated rings. The molecule has 1 amide bonds. The molecule has 0 spiro atoms. The smallest absolute Gasteiger partial charge is 0.262 e. The van der Waals surface area contributed by atoms with Crippen molar-refractivity contribution >= 4 is 45.9 Å². The first-order chi connectivity index (χ1) is 18.1. The third kappa shape index (κ3) is 6.15. The molecule has 5 rings (SSSR count). The highest BCUT2D eigenvalue weighted by atomic mass is 35.5. The summed E-state index contributed by atoms with van der Waals surface area (Å²) in [5, 5.41) is 4.58. The first-order valence-corrected chi connectivity index (χ1v) is 13.5. The highest BCUT2D eigenvalue weighted by Crippen LogP contribution is 2.24. The molecule has 0 unspecified atom stereocenters. The molecule has 2 heterocycles. The number of thioether (sulfide) groups is 1. The van der Waals surface area contributed by atoms with Crippen LogP contribution in [0.25, 0.3) is 10.9 Å². The van der Waals surface area contributed by atoms with Crippen molar-refractivity contribution in [3.63, 3.8) is 0 Å². The molecule has 190 valence electrons.